The van der Waals surface area contributed by atoms with E-state index in [0.29, 0.717) is 6.61 Å². The molecule has 5 heteroatoms. The Morgan fingerprint density at radius 3 is 2.14 bits per heavy atom. The van der Waals surface area contributed by atoms with E-state index in [1.807, 2.05) is 68.4 Å². The minimum absolute atomic E-state index is 0.0335. The highest BCUT2D eigenvalue weighted by atomic mass is 16.6. The van der Waals surface area contributed by atoms with Crippen molar-refractivity contribution in [3.05, 3.63) is 107 Å². The summed E-state index contributed by atoms with van der Waals surface area (Å²) in [6.45, 7) is 8.21. The normalized spacial score (nSPS) is 9.89. The molecule has 0 saturated heterocycles. The molecule has 184 valence electrons. The number of rotatable bonds is 5. The Hall–Kier alpha value is -3.67. The third-order valence-corrected chi connectivity index (χ3v) is 5.39. The van der Waals surface area contributed by atoms with E-state index in [4.69, 9.17) is 10.6 Å². The van der Waals surface area contributed by atoms with Gasteiger partial charge in [-0.1, -0.05) is 73.2 Å². The zero-order valence-electron chi connectivity index (χ0n) is 21.3. The van der Waals surface area contributed by atoms with E-state index < -0.39 is 0 Å². The monoisotopic (exact) mass is 472 g/mol. The number of benzene rings is 4. The van der Waals surface area contributed by atoms with Crippen LogP contribution in [0.15, 0.2) is 84.9 Å². The topological polar surface area (TPSA) is 73.6 Å². The quantitative estimate of drug-likeness (QED) is 0.315. The third-order valence-electron chi connectivity index (χ3n) is 5.39. The fourth-order valence-corrected chi connectivity index (χ4v) is 3.32. The van der Waals surface area contributed by atoms with Crippen molar-refractivity contribution in [3.63, 3.8) is 0 Å². The molecule has 4 aromatic carbocycles. The van der Waals surface area contributed by atoms with Crippen LogP contribution in [0, 0.1) is 13.8 Å². The van der Waals surface area contributed by atoms with E-state index in [-0.39, 0.29) is 5.91 Å². The molecule has 0 saturated carbocycles. The minimum Gasteiger partial charge on any atom is -0.497 e. The van der Waals surface area contributed by atoms with Crippen molar-refractivity contribution in [2.24, 2.45) is 5.90 Å². The SMILES string of the molecule is CC(=O)Nc1ccc(C)cc1.CCc1ccc2cc(OC)ccc2c1.Cc1ccccc1CON. The predicted molar refractivity (Wildman–Crippen MR) is 146 cm³/mol. The van der Waals surface area contributed by atoms with Gasteiger partial charge in [-0.25, -0.2) is 5.90 Å². The van der Waals surface area contributed by atoms with Gasteiger partial charge in [-0.05, 0) is 72.0 Å². The fraction of sp³-hybridized carbons (Fsp3) is 0.233. The highest BCUT2D eigenvalue weighted by Gasteiger charge is 1.97. The van der Waals surface area contributed by atoms with Gasteiger partial charge >= 0.3 is 0 Å². The van der Waals surface area contributed by atoms with Crippen LogP contribution in [0.5, 0.6) is 5.75 Å². The van der Waals surface area contributed by atoms with Crippen molar-refractivity contribution >= 4 is 22.4 Å². The average molecular weight is 473 g/mol. The first kappa shape index (κ1) is 27.6. The van der Waals surface area contributed by atoms with Crippen molar-refractivity contribution in [2.45, 2.75) is 40.7 Å². The van der Waals surface area contributed by atoms with Crippen molar-refractivity contribution < 1.29 is 14.4 Å². The number of anilines is 1. The largest absolute Gasteiger partial charge is 0.497 e. The summed E-state index contributed by atoms with van der Waals surface area (Å²) in [6, 6.07) is 28.4. The van der Waals surface area contributed by atoms with E-state index in [2.05, 4.69) is 47.4 Å². The molecule has 0 spiro atoms. The lowest BCUT2D eigenvalue weighted by molar-refractivity contribution is -0.114. The molecular formula is C30H36N2O3. The van der Waals surface area contributed by atoms with Crippen molar-refractivity contribution in [1.29, 1.82) is 0 Å². The highest BCUT2D eigenvalue weighted by molar-refractivity contribution is 5.88. The van der Waals surface area contributed by atoms with Gasteiger partial charge in [0.15, 0.2) is 0 Å². The molecule has 1 amide bonds. The maximum atomic E-state index is 10.6. The van der Waals surface area contributed by atoms with Crippen LogP contribution in [0.2, 0.25) is 0 Å². The zero-order chi connectivity index (χ0) is 25.6. The highest BCUT2D eigenvalue weighted by Crippen LogP contribution is 2.21. The van der Waals surface area contributed by atoms with Crippen LogP contribution in [0.3, 0.4) is 0 Å². The van der Waals surface area contributed by atoms with Gasteiger partial charge in [-0.2, -0.15) is 0 Å². The number of hydrogen-bond acceptors (Lipinski definition) is 4. The summed E-state index contributed by atoms with van der Waals surface area (Å²) >= 11 is 0. The van der Waals surface area contributed by atoms with Crippen LogP contribution in [0.25, 0.3) is 10.8 Å². The molecular weight excluding hydrogens is 436 g/mol. The van der Waals surface area contributed by atoms with Crippen LogP contribution < -0.4 is 16.0 Å². The van der Waals surface area contributed by atoms with Gasteiger partial charge in [0, 0.05) is 12.6 Å². The van der Waals surface area contributed by atoms with Gasteiger partial charge < -0.3 is 10.1 Å². The summed E-state index contributed by atoms with van der Waals surface area (Å²) in [5.74, 6) is 5.81. The van der Waals surface area contributed by atoms with Crippen LogP contribution in [0.4, 0.5) is 5.69 Å². The molecule has 0 aliphatic heterocycles. The van der Waals surface area contributed by atoms with Crippen LogP contribution in [-0.4, -0.2) is 13.0 Å². The third kappa shape index (κ3) is 9.61. The summed E-state index contributed by atoms with van der Waals surface area (Å²) in [5, 5.41) is 5.21. The molecule has 35 heavy (non-hydrogen) atoms. The summed E-state index contributed by atoms with van der Waals surface area (Å²) < 4.78 is 5.18. The lowest BCUT2D eigenvalue weighted by Gasteiger charge is -2.03. The zero-order valence-corrected chi connectivity index (χ0v) is 21.3. The molecule has 0 radical (unpaired) electrons. The number of nitrogens with two attached hydrogens (primary N) is 1. The lowest BCUT2D eigenvalue weighted by atomic mass is 10.1. The number of ether oxygens (including phenoxy) is 1. The molecule has 0 fully saturated rings. The molecule has 5 nitrogen and oxygen atoms in total. The van der Waals surface area contributed by atoms with Crippen molar-refractivity contribution in [1.82, 2.24) is 0 Å². The second-order valence-corrected chi connectivity index (χ2v) is 8.19. The molecule has 0 bridgehead atoms. The summed E-state index contributed by atoms with van der Waals surface area (Å²) in [6.07, 6.45) is 1.09. The smallest absolute Gasteiger partial charge is 0.221 e. The van der Waals surface area contributed by atoms with Gasteiger partial charge in [0.25, 0.3) is 0 Å². The van der Waals surface area contributed by atoms with E-state index in [1.165, 1.54) is 34.4 Å². The first-order valence-corrected chi connectivity index (χ1v) is 11.6. The minimum atomic E-state index is -0.0335. The van der Waals surface area contributed by atoms with E-state index in [0.717, 1.165) is 23.4 Å². The molecule has 0 aliphatic rings. The molecule has 4 rings (SSSR count). The maximum absolute atomic E-state index is 10.6. The van der Waals surface area contributed by atoms with E-state index in [9.17, 15) is 4.79 Å². The Balaban J connectivity index is 0.000000189. The summed E-state index contributed by atoms with van der Waals surface area (Å²) in [4.78, 5) is 15.1. The first-order chi connectivity index (χ1) is 16.9. The summed E-state index contributed by atoms with van der Waals surface area (Å²) in [5.41, 5.74) is 5.78. The second-order valence-electron chi connectivity index (χ2n) is 8.19. The Morgan fingerprint density at radius 2 is 1.54 bits per heavy atom. The van der Waals surface area contributed by atoms with E-state index >= 15 is 0 Å². The number of nitrogens with one attached hydrogen (secondary N) is 1. The maximum Gasteiger partial charge on any atom is 0.221 e. The number of carbonyl (C=O) groups is 1. The Bertz CT molecular complexity index is 1160. The van der Waals surface area contributed by atoms with Gasteiger partial charge in [0.05, 0.1) is 13.7 Å². The first-order valence-electron chi connectivity index (χ1n) is 11.6. The van der Waals surface area contributed by atoms with Crippen LogP contribution in [-0.2, 0) is 22.7 Å². The number of hydrogen-bond donors (Lipinski definition) is 2. The molecule has 0 atom stereocenters. The van der Waals surface area contributed by atoms with Crippen molar-refractivity contribution in [2.75, 3.05) is 12.4 Å². The van der Waals surface area contributed by atoms with Crippen LogP contribution >= 0.6 is 0 Å². The molecule has 0 aliphatic carbocycles. The van der Waals surface area contributed by atoms with Gasteiger partial charge in [-0.3, -0.25) is 9.63 Å². The molecule has 0 aromatic heterocycles. The molecule has 3 N–H and O–H groups in total. The number of aryl methyl sites for hydroxylation is 3. The van der Waals surface area contributed by atoms with Gasteiger partial charge in [-0.15, -0.1) is 0 Å². The standard InChI is InChI=1S/C13H14O.C9H11NO.C8H11NO/c1-3-10-4-5-12-9-13(14-2)7-6-11(12)8-10;1-7-3-5-9(6-4-7)10-8(2)11;1-7-4-2-3-5-8(7)6-10-9/h4-9H,3H2,1-2H3;3-6H,1-2H3,(H,10,11);2-5H,6,9H2,1H3. The van der Waals surface area contributed by atoms with Gasteiger partial charge in [0.1, 0.15) is 5.75 Å². The Labute approximate surface area is 208 Å². The Kier molecular flexibility index (Phi) is 11.5. The molecule has 4 aromatic rings. The van der Waals surface area contributed by atoms with Crippen molar-refractivity contribution in [3.8, 4) is 5.75 Å². The van der Waals surface area contributed by atoms with E-state index in [1.54, 1.807) is 7.11 Å². The van der Waals surface area contributed by atoms with Crippen LogP contribution in [0.1, 0.15) is 36.1 Å². The predicted octanol–water partition coefficient (Wildman–Crippen LogP) is 6.75. The number of fused-ring (bicyclic) bond motifs is 1. The lowest BCUT2D eigenvalue weighted by Crippen LogP contribution is -2.05. The average Bonchev–Trinajstić information content (AvgIpc) is 2.87. The number of methoxy groups -OCH3 is 1. The number of amides is 1. The fourth-order valence-electron chi connectivity index (χ4n) is 3.32. The molecule has 0 heterocycles. The summed E-state index contributed by atoms with van der Waals surface area (Å²) in [7, 11) is 1.70. The molecule has 0 unspecified atom stereocenters. The second kappa shape index (κ2) is 14.6. The van der Waals surface area contributed by atoms with Gasteiger partial charge in [0.2, 0.25) is 5.91 Å². The Morgan fingerprint density at radius 1 is 0.886 bits per heavy atom. The number of carbonyl (C=O) groups excluding carboxylic acids is 1.